The van der Waals surface area contributed by atoms with E-state index in [1.807, 2.05) is 0 Å². The third kappa shape index (κ3) is 3.32. The van der Waals surface area contributed by atoms with Crippen molar-refractivity contribution in [2.45, 2.75) is 30.5 Å². The van der Waals surface area contributed by atoms with Gasteiger partial charge in [0.05, 0.1) is 17.6 Å². The molecule has 6 N–H and O–H groups in total. The minimum absolute atomic E-state index is 0.0278. The van der Waals surface area contributed by atoms with Crippen LogP contribution in [-0.4, -0.2) is 61.7 Å². The van der Waals surface area contributed by atoms with Crippen LogP contribution in [0, 0.1) is 0 Å². The predicted molar refractivity (Wildman–Crippen MR) is 104 cm³/mol. The third-order valence-electron chi connectivity index (χ3n) is 5.25. The van der Waals surface area contributed by atoms with E-state index in [9.17, 15) is 35.4 Å². The Balaban J connectivity index is 1.86. The molecule has 5 unspecified atom stereocenters. The van der Waals surface area contributed by atoms with Crippen LogP contribution in [0.5, 0.6) is 11.5 Å². The van der Waals surface area contributed by atoms with Gasteiger partial charge in [0.2, 0.25) is 0 Å². The van der Waals surface area contributed by atoms with Gasteiger partial charge < -0.3 is 39.8 Å². The molecule has 5 atom stereocenters. The molecule has 2 aromatic carbocycles. The standard InChI is InChI=1S/C21H20O9/c22-8-15-17(26)19(28)21(30-15)18(27)16-12(24)6-5-11-13(25)7-14(29-20(11)16)9-1-3-10(23)4-2-9/h1-7,15,17-19,21-24,26-28H,8H2. The molecule has 3 aromatic rings. The van der Waals surface area contributed by atoms with E-state index in [1.54, 1.807) is 0 Å². The zero-order valence-corrected chi connectivity index (χ0v) is 15.5. The molecule has 1 fully saturated rings. The van der Waals surface area contributed by atoms with E-state index in [4.69, 9.17) is 9.15 Å². The largest absolute Gasteiger partial charge is 0.508 e. The Bertz CT molecular complexity index is 1120. The van der Waals surface area contributed by atoms with Crippen molar-refractivity contribution in [1.29, 1.82) is 0 Å². The molecule has 2 heterocycles. The minimum atomic E-state index is -1.67. The van der Waals surface area contributed by atoms with Gasteiger partial charge in [0.15, 0.2) is 5.43 Å². The number of aromatic hydroxyl groups is 2. The van der Waals surface area contributed by atoms with Crippen LogP contribution in [0.2, 0.25) is 0 Å². The van der Waals surface area contributed by atoms with Gasteiger partial charge in [-0.3, -0.25) is 4.79 Å². The molecule has 1 aromatic heterocycles. The normalized spacial score (nSPS) is 24.9. The lowest BCUT2D eigenvalue weighted by Gasteiger charge is -2.23. The van der Waals surface area contributed by atoms with E-state index in [1.165, 1.54) is 42.5 Å². The number of benzene rings is 2. The van der Waals surface area contributed by atoms with Crippen LogP contribution in [0.4, 0.5) is 0 Å². The number of fused-ring (bicyclic) bond motifs is 1. The summed E-state index contributed by atoms with van der Waals surface area (Å²) < 4.78 is 11.2. The Morgan fingerprint density at radius 2 is 1.70 bits per heavy atom. The lowest BCUT2D eigenvalue weighted by atomic mass is 9.96. The van der Waals surface area contributed by atoms with Crippen LogP contribution >= 0.6 is 0 Å². The Hall–Kier alpha value is -2.95. The maximum atomic E-state index is 12.6. The van der Waals surface area contributed by atoms with Crippen molar-refractivity contribution in [3.8, 4) is 22.8 Å². The summed E-state index contributed by atoms with van der Waals surface area (Å²) in [5.41, 5.74) is -0.270. The molecule has 1 saturated heterocycles. The first-order chi connectivity index (χ1) is 14.3. The van der Waals surface area contributed by atoms with Crippen LogP contribution in [-0.2, 0) is 4.74 Å². The number of phenolic OH excluding ortho intramolecular Hbond substituents is 2. The molecule has 0 saturated carbocycles. The number of hydrogen-bond donors (Lipinski definition) is 6. The zero-order valence-electron chi connectivity index (χ0n) is 15.5. The van der Waals surface area contributed by atoms with Gasteiger partial charge in [-0.1, -0.05) is 0 Å². The number of aliphatic hydroxyl groups is 4. The van der Waals surface area contributed by atoms with Gasteiger partial charge in [0, 0.05) is 11.6 Å². The molecule has 4 rings (SSSR count). The van der Waals surface area contributed by atoms with Crippen LogP contribution in [0.15, 0.2) is 51.7 Å². The summed E-state index contributed by atoms with van der Waals surface area (Å²) in [6, 6.07) is 9.68. The molecule has 30 heavy (non-hydrogen) atoms. The van der Waals surface area contributed by atoms with Crippen LogP contribution in [0.3, 0.4) is 0 Å². The summed E-state index contributed by atoms with van der Waals surface area (Å²) in [4.78, 5) is 12.6. The first kappa shape index (κ1) is 20.3. The molecule has 9 heteroatoms. The van der Waals surface area contributed by atoms with Gasteiger partial charge in [0.1, 0.15) is 53.4 Å². The van der Waals surface area contributed by atoms with Crippen molar-refractivity contribution >= 4 is 11.0 Å². The molecule has 0 spiro atoms. The molecular formula is C21H20O9. The quantitative estimate of drug-likeness (QED) is 0.353. The molecule has 0 amide bonds. The second kappa shape index (κ2) is 7.71. The average Bonchev–Trinajstić information content (AvgIpc) is 3.02. The number of ether oxygens (including phenoxy) is 1. The summed E-state index contributed by atoms with van der Waals surface area (Å²) in [5, 5.41) is 60.2. The van der Waals surface area contributed by atoms with E-state index in [-0.39, 0.29) is 28.0 Å². The fraction of sp³-hybridized carbons (Fsp3) is 0.286. The highest BCUT2D eigenvalue weighted by molar-refractivity contribution is 5.84. The lowest BCUT2D eigenvalue weighted by Crippen LogP contribution is -2.36. The number of rotatable bonds is 4. The Morgan fingerprint density at radius 1 is 1.00 bits per heavy atom. The van der Waals surface area contributed by atoms with Gasteiger partial charge in [-0.15, -0.1) is 0 Å². The fourth-order valence-corrected chi connectivity index (χ4v) is 3.64. The summed E-state index contributed by atoms with van der Waals surface area (Å²) in [7, 11) is 0. The maximum Gasteiger partial charge on any atom is 0.193 e. The first-order valence-electron chi connectivity index (χ1n) is 9.21. The fourth-order valence-electron chi connectivity index (χ4n) is 3.64. The third-order valence-corrected chi connectivity index (χ3v) is 5.25. The van der Waals surface area contributed by atoms with Gasteiger partial charge in [-0.25, -0.2) is 0 Å². The smallest absolute Gasteiger partial charge is 0.193 e. The lowest BCUT2D eigenvalue weighted by molar-refractivity contribution is -0.0762. The number of phenols is 2. The van der Waals surface area contributed by atoms with Crippen molar-refractivity contribution < 1.29 is 39.8 Å². The van der Waals surface area contributed by atoms with E-state index < -0.39 is 48.3 Å². The number of aliphatic hydroxyl groups excluding tert-OH is 4. The maximum absolute atomic E-state index is 12.6. The highest BCUT2D eigenvalue weighted by atomic mass is 16.6. The Morgan fingerprint density at radius 3 is 2.33 bits per heavy atom. The van der Waals surface area contributed by atoms with Gasteiger partial charge in [-0.05, 0) is 36.4 Å². The Kier molecular flexibility index (Phi) is 5.22. The predicted octanol–water partition coefficient (Wildman–Crippen LogP) is 0.386. The van der Waals surface area contributed by atoms with E-state index in [0.29, 0.717) is 5.56 Å². The van der Waals surface area contributed by atoms with Gasteiger partial charge >= 0.3 is 0 Å². The molecule has 1 aliphatic rings. The minimum Gasteiger partial charge on any atom is -0.508 e. The van der Waals surface area contributed by atoms with Crippen molar-refractivity contribution in [2.75, 3.05) is 6.61 Å². The Labute approximate surface area is 169 Å². The second-order valence-electron chi connectivity index (χ2n) is 7.14. The average molecular weight is 416 g/mol. The molecule has 9 nitrogen and oxygen atoms in total. The van der Waals surface area contributed by atoms with Crippen LogP contribution in [0.1, 0.15) is 11.7 Å². The van der Waals surface area contributed by atoms with Crippen LogP contribution < -0.4 is 5.43 Å². The van der Waals surface area contributed by atoms with Gasteiger partial charge in [-0.2, -0.15) is 0 Å². The topological polar surface area (TPSA) is 161 Å². The van der Waals surface area contributed by atoms with Crippen molar-refractivity contribution in [3.63, 3.8) is 0 Å². The number of hydrogen-bond acceptors (Lipinski definition) is 9. The van der Waals surface area contributed by atoms with Crippen LogP contribution in [0.25, 0.3) is 22.3 Å². The summed E-state index contributed by atoms with van der Waals surface area (Å²) in [6.07, 6.45) is -7.15. The molecule has 0 radical (unpaired) electrons. The SMILES string of the molecule is O=c1cc(-c2ccc(O)cc2)oc2c(C(O)C3OC(CO)C(O)C3O)c(O)ccc12. The molecular weight excluding hydrogens is 396 g/mol. The monoisotopic (exact) mass is 416 g/mol. The van der Waals surface area contributed by atoms with E-state index >= 15 is 0 Å². The second-order valence-corrected chi connectivity index (χ2v) is 7.14. The molecule has 0 aliphatic carbocycles. The molecule has 0 bridgehead atoms. The van der Waals surface area contributed by atoms with Crippen molar-refractivity contribution in [3.05, 3.63) is 58.3 Å². The highest BCUT2D eigenvalue weighted by Gasteiger charge is 2.47. The highest BCUT2D eigenvalue weighted by Crippen LogP contribution is 2.39. The van der Waals surface area contributed by atoms with E-state index in [2.05, 4.69) is 0 Å². The van der Waals surface area contributed by atoms with Crippen molar-refractivity contribution in [1.82, 2.24) is 0 Å². The molecule has 1 aliphatic heterocycles. The first-order valence-corrected chi connectivity index (χ1v) is 9.21. The summed E-state index contributed by atoms with van der Waals surface area (Å²) >= 11 is 0. The van der Waals surface area contributed by atoms with Crippen molar-refractivity contribution in [2.24, 2.45) is 0 Å². The zero-order chi connectivity index (χ0) is 21.6. The summed E-state index contributed by atoms with van der Waals surface area (Å²) in [6.45, 7) is -0.580. The van der Waals surface area contributed by atoms with E-state index in [0.717, 1.165) is 0 Å². The van der Waals surface area contributed by atoms with Gasteiger partial charge in [0.25, 0.3) is 0 Å². The molecule has 158 valence electrons. The summed E-state index contributed by atoms with van der Waals surface area (Å²) in [5.74, 6) is -0.244.